The van der Waals surface area contributed by atoms with Crippen LogP contribution in [0.1, 0.15) is 18.4 Å². The summed E-state index contributed by atoms with van der Waals surface area (Å²) in [6.45, 7) is 2.27. The van der Waals surface area contributed by atoms with Crippen LogP contribution in [0.5, 0.6) is 0 Å². The number of carbonyl (C=O) groups is 1. The number of carbonyl (C=O) groups excluding carboxylic acids is 1. The lowest BCUT2D eigenvalue weighted by Gasteiger charge is -2.23. The van der Waals surface area contributed by atoms with Gasteiger partial charge in [0.2, 0.25) is 5.91 Å². The van der Waals surface area contributed by atoms with Crippen LogP contribution >= 0.6 is 0 Å². The van der Waals surface area contributed by atoms with Crippen LogP contribution in [0, 0.1) is 0 Å². The smallest absolute Gasteiger partial charge is 0.242 e. The lowest BCUT2D eigenvalue weighted by Crippen LogP contribution is -2.37. The molecule has 1 aromatic rings. The summed E-state index contributed by atoms with van der Waals surface area (Å²) in [7, 11) is 1.92. The van der Waals surface area contributed by atoms with E-state index in [1.165, 1.54) is 0 Å². The number of hydrogen-bond donors (Lipinski definition) is 1. The van der Waals surface area contributed by atoms with Crippen molar-refractivity contribution in [1.82, 2.24) is 4.90 Å². The molecule has 1 saturated heterocycles. The second-order valence-electron chi connectivity index (χ2n) is 4.77. The van der Waals surface area contributed by atoms with Crippen molar-refractivity contribution in [2.45, 2.75) is 19.4 Å². The molecule has 0 unspecified atom stereocenters. The van der Waals surface area contributed by atoms with E-state index in [4.69, 9.17) is 5.11 Å². The molecule has 1 fully saturated rings. The monoisotopic (exact) mass is 248 g/mol. The maximum Gasteiger partial charge on any atom is 0.242 e. The highest BCUT2D eigenvalue weighted by Crippen LogP contribution is 2.15. The van der Waals surface area contributed by atoms with E-state index in [2.05, 4.69) is 0 Å². The number of amides is 1. The minimum atomic E-state index is 0.0523. The molecule has 4 heteroatoms. The Balaban J connectivity index is 1.93. The first-order valence-corrected chi connectivity index (χ1v) is 6.39. The Kier molecular flexibility index (Phi) is 4.20. The molecular formula is C14H20N2O2. The van der Waals surface area contributed by atoms with E-state index in [1.807, 2.05) is 41.1 Å². The van der Waals surface area contributed by atoms with Gasteiger partial charge in [-0.15, -0.1) is 0 Å². The Labute approximate surface area is 108 Å². The fourth-order valence-corrected chi connectivity index (χ4v) is 2.22. The van der Waals surface area contributed by atoms with Crippen molar-refractivity contribution >= 4 is 11.6 Å². The van der Waals surface area contributed by atoms with Crippen molar-refractivity contribution in [2.24, 2.45) is 0 Å². The lowest BCUT2D eigenvalue weighted by molar-refractivity contribution is -0.128. The number of likely N-dealkylation sites (N-methyl/N-ethyl adjacent to an activating group) is 1. The molecule has 2 rings (SSSR count). The zero-order valence-corrected chi connectivity index (χ0v) is 10.8. The summed E-state index contributed by atoms with van der Waals surface area (Å²) in [5, 5.41) is 8.98. The largest absolute Gasteiger partial charge is 0.392 e. The summed E-state index contributed by atoms with van der Waals surface area (Å²) in [6, 6.07) is 7.63. The summed E-state index contributed by atoms with van der Waals surface area (Å²) >= 11 is 0. The zero-order valence-electron chi connectivity index (χ0n) is 10.8. The Hall–Kier alpha value is -1.55. The molecule has 0 saturated carbocycles. The van der Waals surface area contributed by atoms with Gasteiger partial charge in [-0.1, -0.05) is 12.1 Å². The number of anilines is 1. The van der Waals surface area contributed by atoms with Crippen LogP contribution in [0.2, 0.25) is 0 Å². The molecular weight excluding hydrogens is 228 g/mol. The van der Waals surface area contributed by atoms with Crippen LogP contribution in [0.4, 0.5) is 5.69 Å². The van der Waals surface area contributed by atoms with Gasteiger partial charge in [0, 0.05) is 25.8 Å². The molecule has 0 aromatic heterocycles. The Bertz CT molecular complexity index is 397. The first kappa shape index (κ1) is 12.9. The first-order chi connectivity index (χ1) is 8.70. The SMILES string of the molecule is CN(CC(=O)N1CCCC1)c1ccc(CO)cc1. The second-order valence-corrected chi connectivity index (χ2v) is 4.77. The molecule has 0 atom stereocenters. The Morgan fingerprint density at radius 3 is 2.44 bits per heavy atom. The van der Waals surface area contributed by atoms with Crippen molar-refractivity contribution in [3.63, 3.8) is 0 Å². The molecule has 0 bridgehead atoms. The van der Waals surface area contributed by atoms with Crippen molar-refractivity contribution in [3.05, 3.63) is 29.8 Å². The van der Waals surface area contributed by atoms with Crippen LogP contribution < -0.4 is 4.90 Å². The van der Waals surface area contributed by atoms with Gasteiger partial charge in [-0.3, -0.25) is 4.79 Å². The molecule has 0 aliphatic carbocycles. The maximum atomic E-state index is 12.0. The molecule has 18 heavy (non-hydrogen) atoms. The summed E-state index contributed by atoms with van der Waals surface area (Å²) < 4.78 is 0. The molecule has 1 aliphatic rings. The van der Waals surface area contributed by atoms with E-state index in [-0.39, 0.29) is 12.5 Å². The number of likely N-dealkylation sites (tertiary alicyclic amines) is 1. The standard InChI is InChI=1S/C14H20N2O2/c1-15(10-14(18)16-8-2-3-9-16)13-6-4-12(11-17)5-7-13/h4-7,17H,2-3,8-11H2,1H3. The van der Waals surface area contributed by atoms with E-state index in [0.29, 0.717) is 6.54 Å². The molecule has 0 spiro atoms. The summed E-state index contributed by atoms with van der Waals surface area (Å²) in [4.78, 5) is 15.9. The molecule has 1 N–H and O–H groups in total. The summed E-state index contributed by atoms with van der Waals surface area (Å²) in [5.41, 5.74) is 1.89. The van der Waals surface area contributed by atoms with E-state index in [9.17, 15) is 4.79 Å². The van der Waals surface area contributed by atoms with Crippen LogP contribution in [-0.4, -0.2) is 42.6 Å². The van der Waals surface area contributed by atoms with Crippen molar-refractivity contribution in [3.8, 4) is 0 Å². The van der Waals surface area contributed by atoms with Gasteiger partial charge in [0.15, 0.2) is 0 Å². The number of aliphatic hydroxyl groups excluding tert-OH is 1. The van der Waals surface area contributed by atoms with Gasteiger partial charge in [-0.2, -0.15) is 0 Å². The summed E-state index contributed by atoms with van der Waals surface area (Å²) in [5.74, 6) is 0.196. The fraction of sp³-hybridized carbons (Fsp3) is 0.500. The third-order valence-electron chi connectivity index (χ3n) is 3.39. The third kappa shape index (κ3) is 3.01. The van der Waals surface area contributed by atoms with Gasteiger partial charge in [0.05, 0.1) is 13.2 Å². The van der Waals surface area contributed by atoms with Gasteiger partial charge in [-0.05, 0) is 30.5 Å². The van der Waals surface area contributed by atoms with Gasteiger partial charge in [0.1, 0.15) is 0 Å². The molecule has 4 nitrogen and oxygen atoms in total. The van der Waals surface area contributed by atoms with Gasteiger partial charge in [0.25, 0.3) is 0 Å². The first-order valence-electron chi connectivity index (χ1n) is 6.39. The van der Waals surface area contributed by atoms with E-state index >= 15 is 0 Å². The number of nitrogens with zero attached hydrogens (tertiary/aromatic N) is 2. The highest BCUT2D eigenvalue weighted by atomic mass is 16.3. The number of hydrogen-bond acceptors (Lipinski definition) is 3. The molecule has 98 valence electrons. The van der Waals surface area contributed by atoms with Crippen molar-refractivity contribution in [2.75, 3.05) is 31.6 Å². The second kappa shape index (κ2) is 5.87. The van der Waals surface area contributed by atoms with Gasteiger partial charge < -0.3 is 14.9 Å². The predicted molar refractivity (Wildman–Crippen MR) is 71.4 cm³/mol. The average molecular weight is 248 g/mol. The van der Waals surface area contributed by atoms with E-state index in [1.54, 1.807) is 0 Å². The highest BCUT2D eigenvalue weighted by molar-refractivity contribution is 5.81. The maximum absolute atomic E-state index is 12.0. The fourth-order valence-electron chi connectivity index (χ4n) is 2.22. The topological polar surface area (TPSA) is 43.8 Å². The minimum Gasteiger partial charge on any atom is -0.392 e. The average Bonchev–Trinajstić information content (AvgIpc) is 2.92. The molecule has 1 aromatic carbocycles. The molecule has 0 radical (unpaired) electrons. The number of rotatable bonds is 4. The highest BCUT2D eigenvalue weighted by Gasteiger charge is 2.19. The third-order valence-corrected chi connectivity index (χ3v) is 3.39. The van der Waals surface area contributed by atoms with Crippen LogP contribution in [0.15, 0.2) is 24.3 Å². The Morgan fingerprint density at radius 2 is 1.89 bits per heavy atom. The normalized spacial score (nSPS) is 14.9. The van der Waals surface area contributed by atoms with Crippen LogP contribution in [0.25, 0.3) is 0 Å². The Morgan fingerprint density at radius 1 is 1.28 bits per heavy atom. The van der Waals surface area contributed by atoms with Gasteiger partial charge in [-0.25, -0.2) is 0 Å². The molecule has 1 aliphatic heterocycles. The van der Waals surface area contributed by atoms with Gasteiger partial charge >= 0.3 is 0 Å². The number of aliphatic hydroxyl groups is 1. The zero-order chi connectivity index (χ0) is 13.0. The van der Waals surface area contributed by atoms with Crippen LogP contribution in [-0.2, 0) is 11.4 Å². The predicted octanol–water partition coefficient (Wildman–Crippen LogP) is 1.24. The van der Waals surface area contributed by atoms with Crippen molar-refractivity contribution in [1.29, 1.82) is 0 Å². The number of benzene rings is 1. The lowest BCUT2D eigenvalue weighted by atomic mass is 10.2. The van der Waals surface area contributed by atoms with E-state index in [0.717, 1.165) is 37.2 Å². The minimum absolute atomic E-state index is 0.0523. The molecule has 1 heterocycles. The van der Waals surface area contributed by atoms with Crippen LogP contribution in [0.3, 0.4) is 0 Å². The molecule has 1 amide bonds. The quantitative estimate of drug-likeness (QED) is 0.872. The summed E-state index contributed by atoms with van der Waals surface area (Å²) in [6.07, 6.45) is 2.25. The van der Waals surface area contributed by atoms with E-state index < -0.39 is 0 Å². The van der Waals surface area contributed by atoms with Crippen molar-refractivity contribution < 1.29 is 9.90 Å².